The number of carbonyl (C=O) groups is 2. The van der Waals surface area contributed by atoms with Crippen LogP contribution in [0.25, 0.3) is 0 Å². The summed E-state index contributed by atoms with van der Waals surface area (Å²) in [5.41, 5.74) is 0. The molecule has 1 unspecified atom stereocenters. The summed E-state index contributed by atoms with van der Waals surface area (Å²) < 4.78 is 0. The van der Waals surface area contributed by atoms with Gasteiger partial charge in [-0.05, 0) is 19.8 Å². The maximum atomic E-state index is 12.0. The Morgan fingerprint density at radius 3 is 2.88 bits per heavy atom. The highest BCUT2D eigenvalue weighted by Gasteiger charge is 2.29. The fraction of sp³-hybridized carbons (Fsp3) is 0.833. The highest BCUT2D eigenvalue weighted by Crippen LogP contribution is 2.17. The van der Waals surface area contributed by atoms with Crippen LogP contribution >= 0.6 is 0 Å². The monoisotopic (exact) mass is 239 g/mol. The van der Waals surface area contributed by atoms with Gasteiger partial charge in [0.15, 0.2) is 0 Å². The lowest BCUT2D eigenvalue weighted by Crippen LogP contribution is -2.57. The second-order valence-corrected chi connectivity index (χ2v) is 4.92. The van der Waals surface area contributed by atoms with Gasteiger partial charge in [-0.1, -0.05) is 12.8 Å². The lowest BCUT2D eigenvalue weighted by atomic mass is 10.2. The van der Waals surface area contributed by atoms with Crippen molar-refractivity contribution in [2.45, 2.75) is 44.7 Å². The molecular formula is C12H21N3O2. The van der Waals surface area contributed by atoms with E-state index in [0.29, 0.717) is 25.7 Å². The van der Waals surface area contributed by atoms with Gasteiger partial charge in [0.1, 0.15) is 6.04 Å². The van der Waals surface area contributed by atoms with Gasteiger partial charge in [0.25, 0.3) is 0 Å². The Morgan fingerprint density at radius 2 is 2.18 bits per heavy atom. The number of hydrogen-bond acceptors (Lipinski definition) is 3. The SMILES string of the molecule is CC1C(=O)NCCN1C(=O)CNC1CCCC1. The first-order valence-corrected chi connectivity index (χ1v) is 6.49. The van der Waals surface area contributed by atoms with Crippen molar-refractivity contribution >= 4 is 11.8 Å². The standard InChI is InChI=1S/C12H21N3O2/c1-9-12(17)13-6-7-15(9)11(16)8-14-10-4-2-3-5-10/h9-10,14H,2-8H2,1H3,(H,13,17). The molecule has 0 aromatic carbocycles. The molecule has 1 saturated heterocycles. The van der Waals surface area contributed by atoms with Crippen LogP contribution in [0.15, 0.2) is 0 Å². The molecule has 5 nitrogen and oxygen atoms in total. The number of hydrogen-bond donors (Lipinski definition) is 2. The highest BCUT2D eigenvalue weighted by atomic mass is 16.2. The minimum atomic E-state index is -0.332. The summed E-state index contributed by atoms with van der Waals surface area (Å²) in [4.78, 5) is 25.1. The van der Waals surface area contributed by atoms with Gasteiger partial charge in [-0.3, -0.25) is 9.59 Å². The molecule has 1 aliphatic heterocycles. The molecule has 0 spiro atoms. The predicted molar refractivity (Wildman–Crippen MR) is 64.4 cm³/mol. The van der Waals surface area contributed by atoms with Crippen molar-refractivity contribution in [1.82, 2.24) is 15.5 Å². The van der Waals surface area contributed by atoms with E-state index in [2.05, 4.69) is 10.6 Å². The van der Waals surface area contributed by atoms with Gasteiger partial charge < -0.3 is 15.5 Å². The van der Waals surface area contributed by atoms with Crippen molar-refractivity contribution in [2.24, 2.45) is 0 Å². The molecule has 2 fully saturated rings. The Bertz CT molecular complexity index is 300. The quantitative estimate of drug-likeness (QED) is 0.721. The van der Waals surface area contributed by atoms with Crippen LogP contribution in [0.5, 0.6) is 0 Å². The Hall–Kier alpha value is -1.10. The number of piperazine rings is 1. The average molecular weight is 239 g/mol. The van der Waals surface area contributed by atoms with E-state index < -0.39 is 0 Å². The van der Waals surface area contributed by atoms with Crippen LogP contribution in [0, 0.1) is 0 Å². The van der Waals surface area contributed by atoms with E-state index in [9.17, 15) is 9.59 Å². The lowest BCUT2D eigenvalue weighted by molar-refractivity contribution is -0.141. The third-order valence-electron chi connectivity index (χ3n) is 3.72. The van der Waals surface area contributed by atoms with E-state index in [1.165, 1.54) is 25.7 Å². The van der Waals surface area contributed by atoms with E-state index in [0.717, 1.165) is 0 Å². The van der Waals surface area contributed by atoms with Crippen molar-refractivity contribution in [3.63, 3.8) is 0 Å². The highest BCUT2D eigenvalue weighted by molar-refractivity contribution is 5.89. The van der Waals surface area contributed by atoms with Gasteiger partial charge in [-0.25, -0.2) is 0 Å². The second kappa shape index (κ2) is 5.49. The van der Waals surface area contributed by atoms with E-state index in [-0.39, 0.29) is 17.9 Å². The zero-order chi connectivity index (χ0) is 12.3. The van der Waals surface area contributed by atoms with Crippen molar-refractivity contribution in [2.75, 3.05) is 19.6 Å². The fourth-order valence-electron chi connectivity index (χ4n) is 2.59. The summed E-state index contributed by atoms with van der Waals surface area (Å²) in [6.45, 7) is 3.33. The molecule has 2 N–H and O–H groups in total. The summed E-state index contributed by atoms with van der Waals surface area (Å²) >= 11 is 0. The Kier molecular flexibility index (Phi) is 3.99. The Morgan fingerprint density at radius 1 is 1.47 bits per heavy atom. The van der Waals surface area contributed by atoms with Crippen LogP contribution in [-0.2, 0) is 9.59 Å². The van der Waals surface area contributed by atoms with E-state index in [1.807, 2.05) is 0 Å². The summed E-state index contributed by atoms with van der Waals surface area (Å²) in [5.74, 6) is -0.00952. The largest absolute Gasteiger partial charge is 0.353 e. The first kappa shape index (κ1) is 12.4. The minimum absolute atomic E-state index is 0.0410. The molecule has 0 aromatic rings. The zero-order valence-corrected chi connectivity index (χ0v) is 10.4. The number of carbonyl (C=O) groups excluding carboxylic acids is 2. The normalized spacial score (nSPS) is 26.1. The Balaban J connectivity index is 1.79. The molecule has 1 aliphatic carbocycles. The van der Waals surface area contributed by atoms with Crippen LogP contribution < -0.4 is 10.6 Å². The number of nitrogens with zero attached hydrogens (tertiary/aromatic N) is 1. The molecule has 0 radical (unpaired) electrons. The molecule has 96 valence electrons. The molecule has 17 heavy (non-hydrogen) atoms. The summed E-state index contributed by atoms with van der Waals surface area (Å²) in [6, 6.07) is 0.162. The zero-order valence-electron chi connectivity index (χ0n) is 10.4. The molecule has 1 atom stereocenters. The predicted octanol–water partition coefficient (Wildman–Crippen LogP) is -0.134. The fourth-order valence-corrected chi connectivity index (χ4v) is 2.59. The summed E-state index contributed by atoms with van der Waals surface area (Å²) in [6.07, 6.45) is 4.86. The molecule has 0 bridgehead atoms. The topological polar surface area (TPSA) is 61.4 Å². The molecule has 2 rings (SSSR count). The van der Waals surface area contributed by atoms with Crippen LogP contribution in [0.4, 0.5) is 0 Å². The van der Waals surface area contributed by atoms with Crippen LogP contribution in [0.2, 0.25) is 0 Å². The number of amides is 2. The molecule has 2 amide bonds. The van der Waals surface area contributed by atoms with Gasteiger partial charge in [-0.2, -0.15) is 0 Å². The van der Waals surface area contributed by atoms with Gasteiger partial charge in [0.2, 0.25) is 11.8 Å². The molecule has 1 heterocycles. The molecule has 0 aromatic heterocycles. The number of nitrogens with one attached hydrogen (secondary N) is 2. The number of rotatable bonds is 3. The lowest BCUT2D eigenvalue weighted by Gasteiger charge is -2.33. The van der Waals surface area contributed by atoms with Crippen molar-refractivity contribution in [3.05, 3.63) is 0 Å². The smallest absolute Gasteiger partial charge is 0.242 e. The summed E-state index contributed by atoms with van der Waals surface area (Å²) in [5, 5.41) is 6.05. The first-order chi connectivity index (χ1) is 8.18. The van der Waals surface area contributed by atoms with Crippen LogP contribution in [0.3, 0.4) is 0 Å². The van der Waals surface area contributed by atoms with Gasteiger partial charge in [-0.15, -0.1) is 0 Å². The van der Waals surface area contributed by atoms with Crippen molar-refractivity contribution in [1.29, 1.82) is 0 Å². The van der Waals surface area contributed by atoms with E-state index in [1.54, 1.807) is 11.8 Å². The van der Waals surface area contributed by atoms with Gasteiger partial charge >= 0.3 is 0 Å². The van der Waals surface area contributed by atoms with Crippen molar-refractivity contribution in [3.8, 4) is 0 Å². The molecular weight excluding hydrogens is 218 g/mol. The average Bonchev–Trinajstić information content (AvgIpc) is 2.82. The Labute approximate surface area is 102 Å². The van der Waals surface area contributed by atoms with Crippen LogP contribution in [0.1, 0.15) is 32.6 Å². The summed E-state index contributed by atoms with van der Waals surface area (Å²) in [7, 11) is 0. The maximum Gasteiger partial charge on any atom is 0.242 e. The van der Waals surface area contributed by atoms with Gasteiger partial charge in [0, 0.05) is 19.1 Å². The molecule has 5 heteroatoms. The molecule has 2 aliphatic rings. The third-order valence-corrected chi connectivity index (χ3v) is 3.72. The first-order valence-electron chi connectivity index (χ1n) is 6.49. The second-order valence-electron chi connectivity index (χ2n) is 4.92. The van der Waals surface area contributed by atoms with Crippen molar-refractivity contribution < 1.29 is 9.59 Å². The molecule has 1 saturated carbocycles. The third kappa shape index (κ3) is 2.97. The van der Waals surface area contributed by atoms with E-state index >= 15 is 0 Å². The minimum Gasteiger partial charge on any atom is -0.353 e. The maximum absolute atomic E-state index is 12.0. The van der Waals surface area contributed by atoms with Crippen LogP contribution in [-0.4, -0.2) is 48.4 Å². The van der Waals surface area contributed by atoms with E-state index in [4.69, 9.17) is 0 Å². The van der Waals surface area contributed by atoms with Gasteiger partial charge in [0.05, 0.1) is 6.54 Å².